The first-order valence-corrected chi connectivity index (χ1v) is 7.10. The van der Waals surface area contributed by atoms with Crippen LogP contribution in [0.2, 0.25) is 0 Å². The maximum atomic E-state index is 4.45. The molecule has 2 rings (SSSR count). The Balaban J connectivity index is 1.91. The van der Waals surface area contributed by atoms with Gasteiger partial charge in [-0.05, 0) is 31.9 Å². The van der Waals surface area contributed by atoms with Gasteiger partial charge in [0.15, 0.2) is 0 Å². The van der Waals surface area contributed by atoms with Crippen LogP contribution in [0, 0.1) is 6.92 Å². The Morgan fingerprint density at radius 3 is 2.72 bits per heavy atom. The quantitative estimate of drug-likeness (QED) is 0.897. The summed E-state index contributed by atoms with van der Waals surface area (Å²) in [6.07, 6.45) is 4.94. The van der Waals surface area contributed by atoms with E-state index >= 15 is 0 Å². The molecule has 0 amide bonds. The third-order valence-electron chi connectivity index (χ3n) is 2.85. The lowest BCUT2D eigenvalue weighted by molar-refractivity contribution is 0.565. The lowest BCUT2D eigenvalue weighted by atomic mass is 10.2. The van der Waals surface area contributed by atoms with Gasteiger partial charge in [-0.25, -0.2) is 4.98 Å². The van der Waals surface area contributed by atoms with E-state index in [2.05, 4.69) is 48.2 Å². The van der Waals surface area contributed by atoms with Crippen LogP contribution in [-0.4, -0.2) is 9.97 Å². The molecule has 96 valence electrons. The van der Waals surface area contributed by atoms with Crippen molar-refractivity contribution < 1.29 is 0 Å². The maximum Gasteiger partial charge on any atom is 0.109 e. The first kappa shape index (κ1) is 13.2. The third-order valence-corrected chi connectivity index (χ3v) is 4.18. The van der Waals surface area contributed by atoms with Gasteiger partial charge in [-0.15, -0.1) is 11.3 Å². The highest BCUT2D eigenvalue weighted by atomic mass is 32.1. The average Bonchev–Trinajstić information content (AvgIpc) is 2.86. The fourth-order valence-electron chi connectivity index (χ4n) is 1.63. The molecule has 1 unspecified atom stereocenters. The lowest BCUT2D eigenvalue weighted by Gasteiger charge is -2.10. The first-order chi connectivity index (χ1) is 8.69. The fourth-order valence-corrected chi connectivity index (χ4v) is 2.52. The Hall–Kier alpha value is -1.26. The first-order valence-electron chi connectivity index (χ1n) is 6.28. The van der Waals surface area contributed by atoms with Crippen LogP contribution in [0.1, 0.15) is 41.0 Å². The summed E-state index contributed by atoms with van der Waals surface area (Å²) in [4.78, 5) is 10.2. The van der Waals surface area contributed by atoms with Crippen molar-refractivity contribution in [2.75, 3.05) is 0 Å². The van der Waals surface area contributed by atoms with Gasteiger partial charge in [-0.3, -0.25) is 4.98 Å². The van der Waals surface area contributed by atoms with Gasteiger partial charge in [0.05, 0.1) is 11.7 Å². The Bertz CT molecular complexity index is 490. The molecule has 0 spiro atoms. The number of rotatable bonds is 5. The molecule has 0 aliphatic heterocycles. The van der Waals surface area contributed by atoms with Crippen LogP contribution in [0.3, 0.4) is 0 Å². The monoisotopic (exact) mass is 261 g/mol. The predicted octanol–water partition coefficient (Wildman–Crippen LogP) is 3.26. The molecule has 0 radical (unpaired) electrons. The summed E-state index contributed by atoms with van der Waals surface area (Å²) in [7, 11) is 0. The molecule has 0 aromatic carbocycles. The molecule has 0 bridgehead atoms. The molecule has 2 aromatic rings. The number of aryl methyl sites for hydroxylation is 2. The van der Waals surface area contributed by atoms with Crippen LogP contribution < -0.4 is 5.32 Å². The fraction of sp³-hybridized carbons (Fsp3) is 0.429. The van der Waals surface area contributed by atoms with Gasteiger partial charge in [0.25, 0.3) is 0 Å². The number of nitrogens with zero attached hydrogens (tertiary/aromatic N) is 2. The van der Waals surface area contributed by atoms with Crippen molar-refractivity contribution in [3.8, 4) is 0 Å². The highest BCUT2D eigenvalue weighted by Crippen LogP contribution is 2.20. The Labute approximate surface area is 112 Å². The standard InChI is InChI=1S/C14H19N3S/c1-4-13-9-17-14(18-13)11(3)15-8-12-6-5-10(2)7-16-12/h5-7,9,11,15H,4,8H2,1-3H3. The topological polar surface area (TPSA) is 37.8 Å². The van der Waals surface area contributed by atoms with Crippen molar-refractivity contribution in [2.45, 2.75) is 39.8 Å². The third kappa shape index (κ3) is 3.37. The van der Waals surface area contributed by atoms with Gasteiger partial charge in [0.2, 0.25) is 0 Å². The van der Waals surface area contributed by atoms with E-state index in [1.165, 1.54) is 10.4 Å². The molecule has 0 saturated heterocycles. The molecule has 1 atom stereocenters. The van der Waals surface area contributed by atoms with Crippen LogP contribution in [-0.2, 0) is 13.0 Å². The highest BCUT2D eigenvalue weighted by molar-refractivity contribution is 7.11. The Morgan fingerprint density at radius 2 is 2.11 bits per heavy atom. The number of thiazole rings is 1. The van der Waals surface area contributed by atoms with Crippen LogP contribution in [0.5, 0.6) is 0 Å². The van der Waals surface area contributed by atoms with Crippen LogP contribution in [0.25, 0.3) is 0 Å². The number of hydrogen-bond donors (Lipinski definition) is 1. The molecule has 18 heavy (non-hydrogen) atoms. The van der Waals surface area contributed by atoms with Crippen molar-refractivity contribution in [1.29, 1.82) is 0 Å². The van der Waals surface area contributed by atoms with Gasteiger partial charge in [0.1, 0.15) is 5.01 Å². The normalized spacial score (nSPS) is 12.6. The zero-order valence-corrected chi connectivity index (χ0v) is 11.9. The van der Waals surface area contributed by atoms with Crippen LogP contribution >= 0.6 is 11.3 Å². The minimum Gasteiger partial charge on any atom is -0.302 e. The molecule has 0 saturated carbocycles. The van der Waals surface area contributed by atoms with Gasteiger partial charge < -0.3 is 5.32 Å². The van der Waals surface area contributed by atoms with Gasteiger partial charge >= 0.3 is 0 Å². The van der Waals surface area contributed by atoms with Crippen LogP contribution in [0.4, 0.5) is 0 Å². The molecule has 2 aromatic heterocycles. The second-order valence-corrected chi connectivity index (χ2v) is 5.59. The van der Waals surface area contributed by atoms with E-state index in [1.54, 1.807) is 11.3 Å². The number of nitrogens with one attached hydrogen (secondary N) is 1. The van der Waals surface area contributed by atoms with E-state index in [0.29, 0.717) is 0 Å². The molecule has 0 aliphatic carbocycles. The molecule has 2 heterocycles. The smallest absolute Gasteiger partial charge is 0.109 e. The van der Waals surface area contributed by atoms with Gasteiger partial charge in [-0.2, -0.15) is 0 Å². The average molecular weight is 261 g/mol. The van der Waals surface area contributed by atoms with E-state index in [9.17, 15) is 0 Å². The molecule has 0 aliphatic rings. The van der Waals surface area contributed by atoms with Crippen molar-refractivity contribution in [2.24, 2.45) is 0 Å². The van der Waals surface area contributed by atoms with Crippen molar-refractivity contribution in [3.05, 3.63) is 45.7 Å². The summed E-state index contributed by atoms with van der Waals surface area (Å²) in [5.41, 5.74) is 2.26. The zero-order valence-electron chi connectivity index (χ0n) is 11.1. The Kier molecular flexibility index (Phi) is 4.44. The maximum absolute atomic E-state index is 4.45. The summed E-state index contributed by atoms with van der Waals surface area (Å²) in [6.45, 7) is 7.13. The van der Waals surface area contributed by atoms with Crippen molar-refractivity contribution >= 4 is 11.3 Å². The largest absolute Gasteiger partial charge is 0.302 e. The summed E-state index contributed by atoms with van der Waals surface area (Å²) in [5.74, 6) is 0. The Morgan fingerprint density at radius 1 is 1.28 bits per heavy atom. The van der Waals surface area contributed by atoms with Gasteiger partial charge in [-0.1, -0.05) is 13.0 Å². The molecule has 3 nitrogen and oxygen atoms in total. The SMILES string of the molecule is CCc1cnc(C(C)NCc2ccc(C)cn2)s1. The van der Waals surface area contributed by atoms with Gasteiger partial charge in [0, 0.05) is 23.8 Å². The molecular weight excluding hydrogens is 242 g/mol. The van der Waals surface area contributed by atoms with E-state index in [4.69, 9.17) is 0 Å². The molecule has 1 N–H and O–H groups in total. The lowest BCUT2D eigenvalue weighted by Crippen LogP contribution is -2.18. The summed E-state index contributed by atoms with van der Waals surface area (Å²) < 4.78 is 0. The highest BCUT2D eigenvalue weighted by Gasteiger charge is 2.09. The minimum absolute atomic E-state index is 0.276. The van der Waals surface area contributed by atoms with E-state index in [-0.39, 0.29) is 6.04 Å². The summed E-state index contributed by atoms with van der Waals surface area (Å²) in [5, 5.41) is 4.61. The summed E-state index contributed by atoms with van der Waals surface area (Å²) in [6, 6.07) is 4.43. The molecular formula is C14H19N3S. The second kappa shape index (κ2) is 6.07. The van der Waals surface area contributed by atoms with E-state index in [1.807, 2.05) is 12.4 Å². The van der Waals surface area contributed by atoms with Crippen LogP contribution in [0.15, 0.2) is 24.5 Å². The van der Waals surface area contributed by atoms with E-state index < -0.39 is 0 Å². The molecule has 0 fully saturated rings. The van der Waals surface area contributed by atoms with E-state index in [0.717, 1.165) is 23.7 Å². The zero-order chi connectivity index (χ0) is 13.0. The predicted molar refractivity (Wildman–Crippen MR) is 75.7 cm³/mol. The van der Waals surface area contributed by atoms with Crippen molar-refractivity contribution in [1.82, 2.24) is 15.3 Å². The summed E-state index contributed by atoms with van der Waals surface area (Å²) >= 11 is 1.78. The number of hydrogen-bond acceptors (Lipinski definition) is 4. The number of pyridine rings is 1. The second-order valence-electron chi connectivity index (χ2n) is 4.45. The number of aromatic nitrogens is 2. The minimum atomic E-state index is 0.276. The van der Waals surface area contributed by atoms with Crippen molar-refractivity contribution in [3.63, 3.8) is 0 Å². The molecule has 4 heteroatoms.